The van der Waals surface area contributed by atoms with Gasteiger partial charge in [-0.3, -0.25) is 4.79 Å². The lowest BCUT2D eigenvalue weighted by Gasteiger charge is -2.21. The number of H-pyrrole nitrogens is 1. The molecule has 152 valence electrons. The number of methoxy groups -OCH3 is 1. The molecule has 2 aromatic heterocycles. The van der Waals surface area contributed by atoms with E-state index in [1.54, 1.807) is 18.3 Å². The van der Waals surface area contributed by atoms with Gasteiger partial charge in [-0.2, -0.15) is 0 Å². The second-order valence-corrected chi connectivity index (χ2v) is 7.67. The van der Waals surface area contributed by atoms with Crippen molar-refractivity contribution in [2.45, 2.75) is 25.7 Å². The number of hydrogen-bond donors (Lipinski definition) is 2. The molecule has 0 aliphatic carbocycles. The van der Waals surface area contributed by atoms with Gasteiger partial charge in [0.25, 0.3) is 0 Å². The molecule has 1 aliphatic heterocycles. The first-order chi connectivity index (χ1) is 14.0. The van der Waals surface area contributed by atoms with Gasteiger partial charge in [0.15, 0.2) is 11.5 Å². The molecule has 3 aromatic rings. The number of likely N-dealkylation sites (tertiary alicyclic amines) is 1. The molecule has 0 bridgehead atoms. The average molecular weight is 415 g/mol. The number of ether oxygens (including phenoxy) is 1. The summed E-state index contributed by atoms with van der Waals surface area (Å²) in [5.74, 6) is 1.75. The van der Waals surface area contributed by atoms with Gasteiger partial charge in [-0.25, -0.2) is 15.0 Å². The fourth-order valence-corrected chi connectivity index (χ4v) is 4.22. The molecule has 4 rings (SSSR count). The maximum Gasteiger partial charge on any atom is 0.223 e. The first-order valence-electron chi connectivity index (χ1n) is 9.47. The van der Waals surface area contributed by atoms with Crippen molar-refractivity contribution < 1.29 is 9.53 Å². The molecular formula is C20H23ClN6O2. The molecule has 1 saturated heterocycles. The number of halogens is 1. The molecule has 1 aliphatic rings. The molecule has 29 heavy (non-hydrogen) atoms. The Kier molecular flexibility index (Phi) is 5.27. The molecule has 1 unspecified atom stereocenters. The van der Waals surface area contributed by atoms with E-state index in [9.17, 15) is 4.79 Å². The fraction of sp³-hybridized carbons (Fsp3) is 0.400. The second-order valence-electron chi connectivity index (χ2n) is 7.26. The Morgan fingerprint density at radius 1 is 1.38 bits per heavy atom. The van der Waals surface area contributed by atoms with E-state index >= 15 is 0 Å². The van der Waals surface area contributed by atoms with Crippen molar-refractivity contribution in [2.75, 3.05) is 32.6 Å². The van der Waals surface area contributed by atoms with E-state index in [4.69, 9.17) is 16.3 Å². The highest BCUT2D eigenvalue weighted by molar-refractivity contribution is 6.31. The number of rotatable bonds is 6. The van der Waals surface area contributed by atoms with Gasteiger partial charge in [0.2, 0.25) is 5.91 Å². The van der Waals surface area contributed by atoms with Crippen molar-refractivity contribution in [3.05, 3.63) is 40.4 Å². The number of nitrogens with one attached hydrogen (secondary N) is 2. The highest BCUT2D eigenvalue weighted by Gasteiger charge is 2.32. The van der Waals surface area contributed by atoms with E-state index in [0.29, 0.717) is 42.4 Å². The van der Waals surface area contributed by atoms with E-state index in [1.165, 1.54) is 6.33 Å². The Bertz CT molecular complexity index is 1070. The second kappa shape index (κ2) is 7.87. The third-order valence-corrected chi connectivity index (χ3v) is 5.86. The number of anilines is 1. The number of hydrogen-bond acceptors (Lipinski definition) is 6. The number of aromatic amines is 1. The maximum absolute atomic E-state index is 12.1. The van der Waals surface area contributed by atoms with Gasteiger partial charge in [0, 0.05) is 43.1 Å². The van der Waals surface area contributed by atoms with Crippen LogP contribution in [0.3, 0.4) is 0 Å². The molecule has 1 atom stereocenters. The van der Waals surface area contributed by atoms with Crippen LogP contribution in [0.25, 0.3) is 11.2 Å². The molecule has 2 N–H and O–H groups in total. The summed E-state index contributed by atoms with van der Waals surface area (Å²) in [6.07, 6.45) is 4.25. The zero-order valence-electron chi connectivity index (χ0n) is 16.6. The summed E-state index contributed by atoms with van der Waals surface area (Å²) in [6.45, 7) is 3.29. The van der Waals surface area contributed by atoms with Crippen LogP contribution in [0.4, 0.5) is 5.82 Å². The number of imidazole rings is 1. The Balaban J connectivity index is 1.59. The third-order valence-electron chi connectivity index (χ3n) is 5.46. The lowest BCUT2D eigenvalue weighted by atomic mass is 9.90. The Hall–Kier alpha value is -2.87. The number of likely N-dealkylation sites (N-methyl/N-ethyl adjacent to an activating group) is 1. The van der Waals surface area contributed by atoms with Crippen molar-refractivity contribution in [3.8, 4) is 5.75 Å². The van der Waals surface area contributed by atoms with Crippen molar-refractivity contribution in [1.82, 2.24) is 24.8 Å². The van der Waals surface area contributed by atoms with E-state index in [0.717, 1.165) is 28.0 Å². The van der Waals surface area contributed by atoms with Gasteiger partial charge in [0.05, 0.1) is 13.4 Å². The molecule has 0 radical (unpaired) electrons. The molecule has 0 saturated carbocycles. The number of amides is 1. The van der Waals surface area contributed by atoms with Crippen LogP contribution in [0, 0.1) is 6.92 Å². The van der Waals surface area contributed by atoms with E-state index in [-0.39, 0.29) is 11.8 Å². The monoisotopic (exact) mass is 414 g/mol. The lowest BCUT2D eigenvalue weighted by molar-refractivity contribution is -0.126. The number of aromatic nitrogens is 4. The minimum absolute atomic E-state index is 0.0827. The third kappa shape index (κ3) is 3.60. The highest BCUT2D eigenvalue weighted by atomic mass is 35.5. The van der Waals surface area contributed by atoms with E-state index in [2.05, 4.69) is 25.3 Å². The molecule has 8 nitrogen and oxygen atoms in total. The minimum atomic E-state index is 0.0827. The fourth-order valence-electron chi connectivity index (χ4n) is 3.99. The van der Waals surface area contributed by atoms with Crippen molar-refractivity contribution in [2.24, 2.45) is 0 Å². The van der Waals surface area contributed by atoms with Crippen LogP contribution >= 0.6 is 11.6 Å². The Morgan fingerprint density at radius 2 is 2.21 bits per heavy atom. The predicted molar refractivity (Wildman–Crippen MR) is 112 cm³/mol. The molecule has 3 heterocycles. The van der Waals surface area contributed by atoms with Gasteiger partial charge < -0.3 is 19.9 Å². The number of carbonyl (C=O) groups is 1. The van der Waals surface area contributed by atoms with Gasteiger partial charge in [-0.1, -0.05) is 11.6 Å². The number of carbonyl (C=O) groups excluding carboxylic acids is 1. The first kappa shape index (κ1) is 19.4. The smallest absolute Gasteiger partial charge is 0.223 e. The molecule has 9 heteroatoms. The van der Waals surface area contributed by atoms with Crippen molar-refractivity contribution in [3.63, 3.8) is 0 Å². The SMILES string of the molecule is COc1c(CCNc2ncnc3nc[nH]c23)cc(Cl)c(C)c1C1CC(=O)N(C)C1. The quantitative estimate of drug-likeness (QED) is 0.643. The van der Waals surface area contributed by atoms with Crippen molar-refractivity contribution >= 4 is 34.5 Å². The Morgan fingerprint density at radius 3 is 2.93 bits per heavy atom. The number of nitrogens with zero attached hydrogens (tertiary/aromatic N) is 4. The zero-order chi connectivity index (χ0) is 20.5. The molecular weight excluding hydrogens is 392 g/mol. The van der Waals surface area contributed by atoms with Crippen LogP contribution in [-0.2, 0) is 11.2 Å². The maximum atomic E-state index is 12.1. The summed E-state index contributed by atoms with van der Waals surface area (Å²) in [4.78, 5) is 29.4. The lowest BCUT2D eigenvalue weighted by Crippen LogP contribution is -2.19. The highest BCUT2D eigenvalue weighted by Crippen LogP contribution is 2.41. The van der Waals surface area contributed by atoms with Crippen molar-refractivity contribution in [1.29, 1.82) is 0 Å². The van der Waals surface area contributed by atoms with Crippen LogP contribution in [0.1, 0.15) is 29.0 Å². The van der Waals surface area contributed by atoms with Gasteiger partial charge in [-0.05, 0) is 30.5 Å². The van der Waals surface area contributed by atoms with Crippen LogP contribution in [0.15, 0.2) is 18.7 Å². The summed E-state index contributed by atoms with van der Waals surface area (Å²) in [6, 6.07) is 1.95. The first-order valence-corrected chi connectivity index (χ1v) is 9.85. The van der Waals surface area contributed by atoms with E-state index < -0.39 is 0 Å². The predicted octanol–water partition coefficient (Wildman–Crippen LogP) is 2.92. The summed E-state index contributed by atoms with van der Waals surface area (Å²) in [5.41, 5.74) is 4.40. The van der Waals surface area contributed by atoms with Gasteiger partial charge >= 0.3 is 0 Å². The zero-order valence-corrected chi connectivity index (χ0v) is 17.4. The standard InChI is InChI=1S/C20H23ClN6O2/c1-11-14(21)6-12(18(29-3)16(11)13-7-15(28)27(2)8-13)4-5-22-19-17-20(24-9-23-17)26-10-25-19/h6,9-10,13H,4-5,7-8H2,1-3H3,(H2,22,23,24,25,26). The molecule has 1 fully saturated rings. The molecule has 1 aromatic carbocycles. The van der Waals surface area contributed by atoms with Crippen LogP contribution in [0.5, 0.6) is 5.75 Å². The van der Waals surface area contributed by atoms with Crippen LogP contribution in [0.2, 0.25) is 5.02 Å². The summed E-state index contributed by atoms with van der Waals surface area (Å²) >= 11 is 6.55. The van der Waals surface area contributed by atoms with Crippen LogP contribution < -0.4 is 10.1 Å². The van der Waals surface area contributed by atoms with E-state index in [1.807, 2.05) is 20.0 Å². The normalized spacial score (nSPS) is 16.6. The summed E-state index contributed by atoms with van der Waals surface area (Å²) in [7, 11) is 3.50. The van der Waals surface area contributed by atoms with Gasteiger partial charge in [0.1, 0.15) is 17.6 Å². The average Bonchev–Trinajstić information content (AvgIpc) is 3.31. The largest absolute Gasteiger partial charge is 0.496 e. The topological polar surface area (TPSA) is 96.0 Å². The Labute approximate surface area is 173 Å². The molecule has 1 amide bonds. The number of benzene rings is 1. The number of fused-ring (bicyclic) bond motifs is 1. The minimum Gasteiger partial charge on any atom is -0.496 e. The van der Waals surface area contributed by atoms with Crippen LogP contribution in [-0.4, -0.2) is 58.0 Å². The summed E-state index contributed by atoms with van der Waals surface area (Å²) in [5, 5.41) is 4.02. The van der Waals surface area contributed by atoms with Gasteiger partial charge in [-0.15, -0.1) is 0 Å². The summed E-state index contributed by atoms with van der Waals surface area (Å²) < 4.78 is 5.80. The molecule has 0 spiro atoms.